The molecule has 0 unspecified atom stereocenters. The highest BCUT2D eigenvalue weighted by Gasteiger charge is 2.38. The van der Waals surface area contributed by atoms with Gasteiger partial charge in [0.25, 0.3) is 0 Å². The molecule has 2 aromatic heterocycles. The summed E-state index contributed by atoms with van der Waals surface area (Å²) in [7, 11) is 0. The van der Waals surface area contributed by atoms with E-state index in [9.17, 15) is 9.59 Å². The smallest absolute Gasteiger partial charge is 0.410 e. The standard InChI is InChI=1S/C24H32Cl2N6O4/c1-5-29-8-6-7-14(29)12-32-20-16-18(17(25)19(26)27-20)35-13-15-11-30(23(34)36-24(2,3)4)9-10-31(15)21(16)28-22(32)33/h14-15H,5-13H2,1-4H3/t14-,15+/m0/s1. The van der Waals surface area contributed by atoms with E-state index in [0.29, 0.717) is 48.8 Å². The fourth-order valence-electron chi connectivity index (χ4n) is 5.38. The minimum Gasteiger partial charge on any atom is -0.489 e. The summed E-state index contributed by atoms with van der Waals surface area (Å²) >= 11 is 13.0. The molecular formula is C24H32Cl2N6O4. The topological polar surface area (TPSA) is 93.0 Å². The molecule has 2 atom stereocenters. The maximum Gasteiger partial charge on any atom is 0.410 e. The largest absolute Gasteiger partial charge is 0.489 e. The fraction of sp³-hybridized carbons (Fsp3) is 0.667. The summed E-state index contributed by atoms with van der Waals surface area (Å²) in [6.07, 6.45) is 1.72. The van der Waals surface area contributed by atoms with E-state index in [2.05, 4.69) is 21.8 Å². The Kier molecular flexibility index (Phi) is 6.72. The lowest BCUT2D eigenvalue weighted by Crippen LogP contribution is -2.57. The maximum atomic E-state index is 13.4. The van der Waals surface area contributed by atoms with Crippen LogP contribution in [0, 0.1) is 0 Å². The van der Waals surface area contributed by atoms with Crippen LogP contribution in [-0.2, 0) is 11.3 Å². The number of rotatable bonds is 3. The number of ether oxygens (including phenoxy) is 2. The van der Waals surface area contributed by atoms with Gasteiger partial charge >= 0.3 is 11.8 Å². The van der Waals surface area contributed by atoms with Gasteiger partial charge in [0, 0.05) is 32.2 Å². The van der Waals surface area contributed by atoms with Crippen molar-refractivity contribution >= 4 is 46.1 Å². The number of halogens is 2. The van der Waals surface area contributed by atoms with E-state index >= 15 is 0 Å². The number of likely N-dealkylation sites (N-methyl/N-ethyl adjacent to an activating group) is 1. The Balaban J connectivity index is 1.55. The number of fused-ring (bicyclic) bond motifs is 2. The lowest BCUT2D eigenvalue weighted by molar-refractivity contribution is 0.0202. The second-order valence-corrected chi connectivity index (χ2v) is 11.3. The molecule has 12 heteroatoms. The Morgan fingerprint density at radius 1 is 1.19 bits per heavy atom. The van der Waals surface area contributed by atoms with Crippen molar-refractivity contribution in [2.24, 2.45) is 0 Å². The third-order valence-corrected chi connectivity index (χ3v) is 7.79. The Hall–Kier alpha value is -2.30. The monoisotopic (exact) mass is 538 g/mol. The first-order valence-electron chi connectivity index (χ1n) is 12.5. The summed E-state index contributed by atoms with van der Waals surface area (Å²) in [5.74, 6) is 0.845. The van der Waals surface area contributed by atoms with Crippen LogP contribution in [0.25, 0.3) is 11.0 Å². The van der Waals surface area contributed by atoms with Gasteiger partial charge in [-0.05, 0) is 46.7 Å². The SMILES string of the molecule is CCN1CCC[C@H]1Cn1c(=O)nc2c3c(c(Cl)c(Cl)nc31)OC[C@H]1CN(C(=O)OC(C)(C)C)CCN21. The first-order chi connectivity index (χ1) is 17.1. The van der Waals surface area contributed by atoms with Gasteiger partial charge < -0.3 is 19.3 Å². The van der Waals surface area contributed by atoms with Crippen LogP contribution in [-0.4, -0.2) is 87.4 Å². The predicted octanol–water partition coefficient (Wildman–Crippen LogP) is 3.40. The zero-order chi connectivity index (χ0) is 25.8. The average molecular weight is 539 g/mol. The molecule has 0 aromatic carbocycles. The lowest BCUT2D eigenvalue weighted by Gasteiger charge is -2.41. The van der Waals surface area contributed by atoms with E-state index in [-0.39, 0.29) is 40.6 Å². The number of anilines is 1. The van der Waals surface area contributed by atoms with Gasteiger partial charge in [-0.15, -0.1) is 0 Å². The molecule has 5 heterocycles. The van der Waals surface area contributed by atoms with E-state index in [1.54, 1.807) is 9.47 Å². The van der Waals surface area contributed by atoms with Crippen molar-refractivity contribution < 1.29 is 14.3 Å². The molecule has 1 amide bonds. The van der Waals surface area contributed by atoms with Gasteiger partial charge in [0.2, 0.25) is 0 Å². The Morgan fingerprint density at radius 3 is 2.69 bits per heavy atom. The van der Waals surface area contributed by atoms with Crippen molar-refractivity contribution in [1.29, 1.82) is 0 Å². The molecule has 0 saturated carbocycles. The second kappa shape index (κ2) is 9.54. The number of nitrogens with zero attached hydrogens (tertiary/aromatic N) is 6. The molecule has 0 aliphatic carbocycles. The zero-order valence-electron chi connectivity index (χ0n) is 21.1. The number of piperazine rings is 1. The Morgan fingerprint density at radius 2 is 1.97 bits per heavy atom. The lowest BCUT2D eigenvalue weighted by atomic mass is 10.1. The van der Waals surface area contributed by atoms with Crippen LogP contribution in [0.4, 0.5) is 10.6 Å². The third-order valence-electron chi connectivity index (χ3n) is 7.07. The van der Waals surface area contributed by atoms with Gasteiger partial charge in [0.1, 0.15) is 28.4 Å². The summed E-state index contributed by atoms with van der Waals surface area (Å²) in [5.41, 5.74) is -0.550. The van der Waals surface area contributed by atoms with E-state index in [1.807, 2.05) is 25.7 Å². The molecule has 2 fully saturated rings. The Bertz CT molecular complexity index is 1250. The summed E-state index contributed by atoms with van der Waals surface area (Å²) in [4.78, 5) is 41.2. The van der Waals surface area contributed by atoms with Crippen molar-refractivity contribution in [3.05, 3.63) is 20.7 Å². The number of amides is 1. The van der Waals surface area contributed by atoms with Crippen molar-refractivity contribution in [1.82, 2.24) is 24.3 Å². The van der Waals surface area contributed by atoms with Gasteiger partial charge in [-0.1, -0.05) is 30.1 Å². The maximum absolute atomic E-state index is 13.4. The third kappa shape index (κ3) is 4.59. The van der Waals surface area contributed by atoms with Gasteiger partial charge in [-0.2, -0.15) is 4.98 Å². The number of carbonyl (C=O) groups excluding carboxylic acids is 1. The summed E-state index contributed by atoms with van der Waals surface area (Å²) in [5, 5.41) is 0.856. The van der Waals surface area contributed by atoms with E-state index in [1.165, 1.54) is 0 Å². The molecule has 0 spiro atoms. The summed E-state index contributed by atoms with van der Waals surface area (Å²) < 4.78 is 13.4. The molecule has 196 valence electrons. The van der Waals surface area contributed by atoms with Crippen molar-refractivity contribution in [3.63, 3.8) is 0 Å². The number of likely N-dealkylation sites (tertiary alicyclic amines) is 1. The minimum atomic E-state index is -0.592. The molecule has 5 rings (SSSR count). The summed E-state index contributed by atoms with van der Waals surface area (Å²) in [6.45, 7) is 11.5. The van der Waals surface area contributed by atoms with Gasteiger partial charge in [0.05, 0.1) is 6.04 Å². The van der Waals surface area contributed by atoms with Crippen LogP contribution in [0.15, 0.2) is 4.79 Å². The first kappa shape index (κ1) is 25.4. The fourth-order valence-corrected chi connectivity index (χ4v) is 5.74. The normalized spacial score (nSPS) is 22.4. The molecule has 0 radical (unpaired) electrons. The van der Waals surface area contributed by atoms with Crippen LogP contribution < -0.4 is 15.3 Å². The van der Waals surface area contributed by atoms with Gasteiger partial charge in [-0.3, -0.25) is 9.47 Å². The van der Waals surface area contributed by atoms with E-state index in [0.717, 1.165) is 25.9 Å². The number of hydrogen-bond acceptors (Lipinski definition) is 8. The molecule has 36 heavy (non-hydrogen) atoms. The molecular weight excluding hydrogens is 507 g/mol. The number of pyridine rings is 1. The van der Waals surface area contributed by atoms with E-state index < -0.39 is 5.60 Å². The predicted molar refractivity (Wildman–Crippen MR) is 139 cm³/mol. The average Bonchev–Trinajstić information content (AvgIpc) is 3.20. The number of carbonyl (C=O) groups is 1. The highest BCUT2D eigenvalue weighted by molar-refractivity contribution is 6.43. The van der Waals surface area contributed by atoms with Crippen LogP contribution in [0.5, 0.6) is 5.75 Å². The highest BCUT2D eigenvalue weighted by atomic mass is 35.5. The number of hydrogen-bond donors (Lipinski definition) is 0. The summed E-state index contributed by atoms with van der Waals surface area (Å²) in [6, 6.07) is -0.0238. The minimum absolute atomic E-state index is 0.0819. The van der Waals surface area contributed by atoms with Gasteiger partial charge in [0.15, 0.2) is 16.5 Å². The molecule has 10 nitrogen and oxygen atoms in total. The highest BCUT2D eigenvalue weighted by Crippen LogP contribution is 2.43. The van der Waals surface area contributed by atoms with Crippen LogP contribution in [0.2, 0.25) is 10.2 Å². The number of aromatic nitrogens is 3. The molecule has 2 saturated heterocycles. The molecule has 0 N–H and O–H groups in total. The molecule has 3 aliphatic rings. The Labute approximate surface area is 220 Å². The van der Waals surface area contributed by atoms with Crippen molar-refractivity contribution in [2.45, 2.75) is 64.8 Å². The van der Waals surface area contributed by atoms with Gasteiger partial charge in [-0.25, -0.2) is 14.6 Å². The zero-order valence-corrected chi connectivity index (χ0v) is 22.6. The van der Waals surface area contributed by atoms with E-state index in [4.69, 9.17) is 32.7 Å². The van der Waals surface area contributed by atoms with Crippen LogP contribution in [0.1, 0.15) is 40.5 Å². The quantitative estimate of drug-likeness (QED) is 0.549. The molecule has 3 aliphatic heterocycles. The second-order valence-electron chi connectivity index (χ2n) is 10.6. The van der Waals surface area contributed by atoms with Crippen LogP contribution >= 0.6 is 23.2 Å². The molecule has 0 bridgehead atoms. The first-order valence-corrected chi connectivity index (χ1v) is 13.2. The van der Waals surface area contributed by atoms with Crippen LogP contribution in [0.3, 0.4) is 0 Å². The molecule has 2 aromatic rings. The van der Waals surface area contributed by atoms with Crippen molar-refractivity contribution in [2.75, 3.05) is 44.2 Å². The van der Waals surface area contributed by atoms with Crippen molar-refractivity contribution in [3.8, 4) is 5.75 Å².